The number of imidazole rings is 1. The second-order valence-corrected chi connectivity index (χ2v) is 27.8. The molecule has 0 radical (unpaired) electrons. The van der Waals surface area contributed by atoms with Gasteiger partial charge < -0.3 is 4.74 Å². The predicted octanol–water partition coefficient (Wildman–Crippen LogP) is 18.7. The first kappa shape index (κ1) is 53.1. The maximum Gasteiger partial charge on any atom is 0.255 e. The Morgan fingerprint density at radius 3 is 1.49 bits per heavy atom. The van der Waals surface area contributed by atoms with Crippen LogP contribution in [0.3, 0.4) is 0 Å². The lowest BCUT2D eigenvalue weighted by Gasteiger charge is -2.29. The number of para-hydroxylation sites is 1. The van der Waals surface area contributed by atoms with Gasteiger partial charge >= 0.3 is 0 Å². The van der Waals surface area contributed by atoms with Gasteiger partial charge in [-0.3, -0.25) is 9.55 Å². The van der Waals surface area contributed by atoms with Crippen LogP contribution >= 0.6 is 0 Å². The second-order valence-electron chi connectivity index (χ2n) is 27.8. The fraction of sp³-hybridized carbons (Fsp3) is 0.338. The Kier molecular flexibility index (Phi) is 12.9. The molecule has 0 N–H and O–H groups in total. The number of rotatable bonds is 7. The summed E-state index contributed by atoms with van der Waals surface area (Å²) in [6, 6.07) is 49.5. The number of ether oxygens (including phenoxy) is 1. The quantitative estimate of drug-likeness (QED) is 0.150. The van der Waals surface area contributed by atoms with Crippen LogP contribution in [0.25, 0.3) is 72.3 Å². The maximum absolute atomic E-state index is 6.90. The molecule has 0 aliphatic rings. The molecule has 77 heavy (non-hydrogen) atoms. The van der Waals surface area contributed by atoms with Gasteiger partial charge in [0.15, 0.2) is 11.0 Å². The van der Waals surface area contributed by atoms with Crippen molar-refractivity contribution in [3.05, 3.63) is 192 Å². The SMILES string of the molecule is CC(C)(C)c1cc(-c2cc(C(C)(C)C)cc(-c3cc(C(C)(C)C)cc(C(C)(C)C)c3)c2-[n+]2cn(-c3cccc(Oc4ccc5c6ccccc6n(-c6cc(C(C)(C)C)ccn6)c5c4)c3)c3ccncc32)cc(C(C)(C)C)c1. The molecule has 0 saturated carbocycles. The first-order chi connectivity index (χ1) is 35.9. The van der Waals surface area contributed by atoms with Gasteiger partial charge in [0.2, 0.25) is 0 Å². The van der Waals surface area contributed by atoms with Crippen molar-refractivity contribution in [1.82, 2.24) is 19.1 Å². The summed E-state index contributed by atoms with van der Waals surface area (Å²) in [5, 5.41) is 2.32. The molecule has 0 atom stereocenters. The number of hydrogen-bond donors (Lipinski definition) is 0. The van der Waals surface area contributed by atoms with E-state index in [4.69, 9.17) is 14.7 Å². The number of fused-ring (bicyclic) bond motifs is 4. The number of pyridine rings is 2. The summed E-state index contributed by atoms with van der Waals surface area (Å²) in [5.74, 6) is 2.37. The summed E-state index contributed by atoms with van der Waals surface area (Å²) < 4.78 is 13.9. The van der Waals surface area contributed by atoms with E-state index in [9.17, 15) is 0 Å². The molecular formula is C71H80N5O+. The molecule has 0 unspecified atom stereocenters. The average Bonchev–Trinajstić information content (AvgIpc) is 4.12. The van der Waals surface area contributed by atoms with Gasteiger partial charge in [-0.2, -0.15) is 9.13 Å². The highest BCUT2D eigenvalue weighted by Gasteiger charge is 2.32. The van der Waals surface area contributed by atoms with Crippen LogP contribution in [-0.4, -0.2) is 19.1 Å². The van der Waals surface area contributed by atoms with Crippen LogP contribution in [0.15, 0.2) is 158 Å². The standard InChI is InChI=1S/C71H80N5O/c1-66(2,3)47-28-31-73-64(40-47)76-60-25-20-19-24-56(60)57-27-26-55(42-62(57)76)77-54-23-21-22-53(41-54)74-44-75(63-43-72-30-29-61(63)74)65-58(45-32-48(67(4,5)6)36-49(33-45)68(7,8)9)38-52(71(16,17)18)39-59(65)46-34-50(69(10,11)12)37-51(35-46)70(13,14)15/h19-44H,1-18H3/q+1. The Morgan fingerprint density at radius 1 is 0.416 bits per heavy atom. The minimum atomic E-state index is -0.152. The van der Waals surface area contributed by atoms with Gasteiger partial charge in [-0.05, 0) is 132 Å². The lowest BCUT2D eigenvalue weighted by Crippen LogP contribution is -2.32. The molecule has 0 saturated heterocycles. The Labute approximate surface area is 458 Å². The highest BCUT2D eigenvalue weighted by atomic mass is 16.5. The summed E-state index contributed by atoms with van der Waals surface area (Å²) in [6.07, 6.45) is 8.12. The first-order valence-electron chi connectivity index (χ1n) is 27.6. The molecule has 0 fully saturated rings. The first-order valence-corrected chi connectivity index (χ1v) is 27.6. The molecule has 0 aliphatic carbocycles. The summed E-state index contributed by atoms with van der Waals surface area (Å²) in [4.78, 5) is 9.78. The van der Waals surface area contributed by atoms with Gasteiger partial charge in [-0.25, -0.2) is 4.98 Å². The van der Waals surface area contributed by atoms with Gasteiger partial charge in [0.25, 0.3) is 6.33 Å². The monoisotopic (exact) mass is 1020 g/mol. The minimum Gasteiger partial charge on any atom is -0.457 e. The van der Waals surface area contributed by atoms with Crippen LogP contribution in [0.4, 0.5) is 0 Å². The second kappa shape index (κ2) is 18.7. The maximum atomic E-state index is 6.90. The molecular weight excluding hydrogens is 939 g/mol. The molecule has 4 heterocycles. The average molecular weight is 1020 g/mol. The van der Waals surface area contributed by atoms with Crippen molar-refractivity contribution in [2.24, 2.45) is 0 Å². The van der Waals surface area contributed by atoms with Crippen LogP contribution < -0.4 is 9.30 Å². The zero-order valence-electron chi connectivity index (χ0n) is 49.2. The van der Waals surface area contributed by atoms with Crippen LogP contribution in [0.5, 0.6) is 11.5 Å². The zero-order valence-corrected chi connectivity index (χ0v) is 49.2. The number of aromatic nitrogens is 5. The van der Waals surface area contributed by atoms with Gasteiger partial charge in [0.1, 0.15) is 28.7 Å². The van der Waals surface area contributed by atoms with Gasteiger partial charge in [0, 0.05) is 52.5 Å². The highest BCUT2D eigenvalue weighted by molar-refractivity contribution is 6.09. The fourth-order valence-corrected chi connectivity index (χ4v) is 10.6. The van der Waals surface area contributed by atoms with E-state index in [0.29, 0.717) is 0 Å². The molecule has 0 spiro atoms. The zero-order chi connectivity index (χ0) is 55.4. The third-order valence-corrected chi connectivity index (χ3v) is 15.5. The molecule has 4 aromatic heterocycles. The van der Waals surface area contributed by atoms with E-state index in [1.807, 2.05) is 24.7 Å². The van der Waals surface area contributed by atoms with E-state index in [1.165, 1.54) is 61.0 Å². The molecule has 394 valence electrons. The van der Waals surface area contributed by atoms with Crippen molar-refractivity contribution in [3.63, 3.8) is 0 Å². The van der Waals surface area contributed by atoms with E-state index in [1.54, 1.807) is 0 Å². The Bertz CT molecular complexity index is 3730. The topological polar surface area (TPSA) is 48.8 Å². The Hall–Kier alpha value is -7.31. The molecule has 6 heteroatoms. The van der Waals surface area contributed by atoms with Crippen LogP contribution in [-0.2, 0) is 32.5 Å². The van der Waals surface area contributed by atoms with Gasteiger partial charge in [-0.15, -0.1) is 0 Å². The van der Waals surface area contributed by atoms with Gasteiger partial charge in [0.05, 0.1) is 17.2 Å². The lowest BCUT2D eigenvalue weighted by atomic mass is 9.76. The lowest BCUT2D eigenvalue weighted by molar-refractivity contribution is -0.566. The number of benzene rings is 6. The van der Waals surface area contributed by atoms with Crippen LogP contribution in [0.2, 0.25) is 0 Å². The molecule has 0 aliphatic heterocycles. The largest absolute Gasteiger partial charge is 0.457 e. The van der Waals surface area contributed by atoms with Crippen molar-refractivity contribution in [2.45, 2.75) is 157 Å². The van der Waals surface area contributed by atoms with Crippen LogP contribution in [0, 0.1) is 0 Å². The third kappa shape index (κ3) is 10.4. The predicted molar refractivity (Wildman–Crippen MR) is 324 cm³/mol. The van der Waals surface area contributed by atoms with Gasteiger partial charge in [-0.1, -0.05) is 185 Å². The smallest absolute Gasteiger partial charge is 0.255 e. The number of nitrogens with zero attached hydrogens (tertiary/aromatic N) is 5. The summed E-state index contributed by atoms with van der Waals surface area (Å²) in [7, 11) is 0. The molecule has 6 aromatic carbocycles. The van der Waals surface area contributed by atoms with Crippen molar-refractivity contribution in [2.75, 3.05) is 0 Å². The highest BCUT2D eigenvalue weighted by Crippen LogP contribution is 2.44. The molecule has 10 rings (SSSR count). The summed E-state index contributed by atoms with van der Waals surface area (Å²) >= 11 is 0. The van der Waals surface area contributed by atoms with Crippen molar-refractivity contribution in [3.8, 4) is 50.9 Å². The molecule has 6 nitrogen and oxygen atoms in total. The molecule has 0 bridgehead atoms. The van der Waals surface area contributed by atoms with Crippen molar-refractivity contribution < 1.29 is 9.30 Å². The van der Waals surface area contributed by atoms with E-state index in [2.05, 4.69) is 272 Å². The number of hydrogen-bond acceptors (Lipinski definition) is 3. The van der Waals surface area contributed by atoms with Crippen molar-refractivity contribution in [1.29, 1.82) is 0 Å². The fourth-order valence-electron chi connectivity index (χ4n) is 10.6. The van der Waals surface area contributed by atoms with Crippen LogP contribution in [0.1, 0.15) is 158 Å². The van der Waals surface area contributed by atoms with Crippen molar-refractivity contribution >= 4 is 32.8 Å². The normalized spacial score (nSPS) is 13.1. The Morgan fingerprint density at radius 2 is 0.935 bits per heavy atom. The van der Waals surface area contributed by atoms with E-state index in [0.717, 1.165) is 56.1 Å². The minimum absolute atomic E-state index is 0.0273. The van der Waals surface area contributed by atoms with E-state index in [-0.39, 0.29) is 32.5 Å². The van der Waals surface area contributed by atoms with E-state index < -0.39 is 0 Å². The van der Waals surface area contributed by atoms with E-state index >= 15 is 0 Å². The Balaban J connectivity index is 1.20. The summed E-state index contributed by atoms with van der Waals surface area (Å²) in [6.45, 7) is 41.7. The molecule has 0 amide bonds. The third-order valence-electron chi connectivity index (χ3n) is 15.5. The summed E-state index contributed by atoms with van der Waals surface area (Å²) in [5.41, 5.74) is 18.3. The molecule has 10 aromatic rings.